The number of ketones is 1. The largest absolute Gasteiger partial charge is 0.299 e. The lowest BCUT2D eigenvalue weighted by Gasteiger charge is -2.27. The normalized spacial score (nSPS) is 32.5. The number of rotatable bonds is 2. The van der Waals surface area contributed by atoms with Crippen LogP contribution in [0, 0.1) is 17.8 Å². The molecule has 96 valence electrons. The molecule has 1 saturated heterocycles. The first-order chi connectivity index (χ1) is 8.74. The van der Waals surface area contributed by atoms with E-state index >= 15 is 0 Å². The van der Waals surface area contributed by atoms with E-state index in [9.17, 15) is 4.79 Å². The summed E-state index contributed by atoms with van der Waals surface area (Å²) in [4.78, 5) is 14.6. The number of fused-ring (bicyclic) bond motifs is 1. The first kappa shape index (κ1) is 11.9. The number of carbonyl (C=O) groups excluding carboxylic acids is 1. The summed E-state index contributed by atoms with van der Waals surface area (Å²) in [6.45, 7) is 5.18. The SMILES string of the molecule is CC1CCC2CN(Cc3ccccc3)CC2C1=O. The molecule has 0 N–H and O–H groups in total. The van der Waals surface area contributed by atoms with Crippen LogP contribution in [0.1, 0.15) is 25.3 Å². The molecule has 1 aromatic carbocycles. The van der Waals surface area contributed by atoms with E-state index < -0.39 is 0 Å². The van der Waals surface area contributed by atoms with Crippen LogP contribution in [0.2, 0.25) is 0 Å². The third kappa shape index (κ3) is 2.22. The second-order valence-electron chi connectivity index (χ2n) is 5.93. The van der Waals surface area contributed by atoms with Gasteiger partial charge in [-0.2, -0.15) is 0 Å². The van der Waals surface area contributed by atoms with Gasteiger partial charge in [0.05, 0.1) is 0 Å². The van der Waals surface area contributed by atoms with Crippen LogP contribution in [0.5, 0.6) is 0 Å². The van der Waals surface area contributed by atoms with E-state index in [4.69, 9.17) is 0 Å². The quantitative estimate of drug-likeness (QED) is 0.796. The molecule has 1 aliphatic carbocycles. The molecule has 2 heteroatoms. The van der Waals surface area contributed by atoms with Crippen LogP contribution in [-0.4, -0.2) is 23.8 Å². The second kappa shape index (κ2) is 4.85. The maximum Gasteiger partial charge on any atom is 0.140 e. The molecule has 3 atom stereocenters. The third-order valence-corrected chi connectivity index (χ3v) is 4.59. The highest BCUT2D eigenvalue weighted by molar-refractivity contribution is 5.84. The number of nitrogens with zero attached hydrogens (tertiary/aromatic N) is 1. The number of Topliss-reactive ketones (excluding diaryl/α,β-unsaturated/α-hetero) is 1. The highest BCUT2D eigenvalue weighted by Gasteiger charge is 2.41. The van der Waals surface area contributed by atoms with Crippen molar-refractivity contribution in [2.75, 3.05) is 13.1 Å². The van der Waals surface area contributed by atoms with Gasteiger partial charge in [0.25, 0.3) is 0 Å². The maximum absolute atomic E-state index is 12.2. The predicted molar refractivity (Wildman–Crippen MR) is 72.1 cm³/mol. The zero-order chi connectivity index (χ0) is 12.5. The van der Waals surface area contributed by atoms with Crippen molar-refractivity contribution >= 4 is 5.78 Å². The summed E-state index contributed by atoms with van der Waals surface area (Å²) in [6, 6.07) is 10.6. The molecule has 1 aliphatic heterocycles. The van der Waals surface area contributed by atoms with Crippen molar-refractivity contribution in [2.24, 2.45) is 17.8 Å². The van der Waals surface area contributed by atoms with E-state index in [0.29, 0.717) is 23.5 Å². The lowest BCUT2D eigenvalue weighted by atomic mass is 9.76. The van der Waals surface area contributed by atoms with Crippen LogP contribution < -0.4 is 0 Å². The molecule has 0 bridgehead atoms. The first-order valence-electron chi connectivity index (χ1n) is 7.04. The highest BCUT2D eigenvalue weighted by Crippen LogP contribution is 2.36. The molecule has 2 nitrogen and oxygen atoms in total. The van der Waals surface area contributed by atoms with Crippen molar-refractivity contribution in [2.45, 2.75) is 26.3 Å². The van der Waals surface area contributed by atoms with Crippen molar-refractivity contribution in [3.8, 4) is 0 Å². The molecular formula is C16H21NO. The average Bonchev–Trinajstić information content (AvgIpc) is 2.79. The summed E-state index contributed by atoms with van der Waals surface area (Å²) in [7, 11) is 0. The van der Waals surface area contributed by atoms with Crippen molar-refractivity contribution in [1.82, 2.24) is 4.90 Å². The Morgan fingerprint density at radius 1 is 1.17 bits per heavy atom. The summed E-state index contributed by atoms with van der Waals surface area (Å²) in [5.74, 6) is 1.75. The lowest BCUT2D eigenvalue weighted by molar-refractivity contribution is -0.129. The molecule has 1 aromatic rings. The number of hydrogen-bond donors (Lipinski definition) is 0. The van der Waals surface area contributed by atoms with Gasteiger partial charge >= 0.3 is 0 Å². The van der Waals surface area contributed by atoms with Crippen molar-refractivity contribution in [3.63, 3.8) is 0 Å². The molecule has 0 aromatic heterocycles. The van der Waals surface area contributed by atoms with Gasteiger partial charge in [-0.25, -0.2) is 0 Å². The Morgan fingerprint density at radius 3 is 2.72 bits per heavy atom. The molecular weight excluding hydrogens is 222 g/mol. The molecule has 0 spiro atoms. The van der Waals surface area contributed by atoms with E-state index in [-0.39, 0.29) is 0 Å². The van der Waals surface area contributed by atoms with Gasteiger partial charge in [-0.3, -0.25) is 9.69 Å². The Balaban J connectivity index is 1.66. The van der Waals surface area contributed by atoms with Crippen molar-refractivity contribution in [1.29, 1.82) is 0 Å². The van der Waals surface area contributed by atoms with Crippen LogP contribution in [0.4, 0.5) is 0 Å². The fourth-order valence-corrected chi connectivity index (χ4v) is 3.52. The summed E-state index contributed by atoms with van der Waals surface area (Å²) in [5, 5.41) is 0. The van der Waals surface area contributed by atoms with Gasteiger partial charge in [0, 0.05) is 31.5 Å². The molecule has 3 unspecified atom stereocenters. The molecule has 2 fully saturated rings. The molecule has 3 rings (SSSR count). The van der Waals surface area contributed by atoms with Gasteiger partial charge in [0.15, 0.2) is 0 Å². The molecule has 1 heterocycles. The van der Waals surface area contributed by atoms with Crippen molar-refractivity contribution in [3.05, 3.63) is 35.9 Å². The lowest BCUT2D eigenvalue weighted by Crippen LogP contribution is -2.32. The Kier molecular flexibility index (Phi) is 3.21. The Bertz CT molecular complexity index is 428. The number of carbonyl (C=O) groups is 1. The Hall–Kier alpha value is -1.15. The monoisotopic (exact) mass is 243 g/mol. The molecule has 18 heavy (non-hydrogen) atoms. The minimum Gasteiger partial charge on any atom is -0.299 e. The minimum atomic E-state index is 0.294. The zero-order valence-electron chi connectivity index (χ0n) is 11.0. The summed E-state index contributed by atoms with van der Waals surface area (Å²) in [5.41, 5.74) is 1.36. The minimum absolute atomic E-state index is 0.294. The predicted octanol–water partition coefficient (Wildman–Crippen LogP) is 2.73. The smallest absolute Gasteiger partial charge is 0.140 e. The van der Waals surface area contributed by atoms with Gasteiger partial charge < -0.3 is 0 Å². The van der Waals surface area contributed by atoms with Crippen LogP contribution in [0.15, 0.2) is 30.3 Å². The van der Waals surface area contributed by atoms with Crippen LogP contribution in [-0.2, 0) is 11.3 Å². The molecule has 1 saturated carbocycles. The first-order valence-corrected chi connectivity index (χ1v) is 7.04. The number of benzene rings is 1. The van der Waals surface area contributed by atoms with E-state index in [2.05, 4.69) is 42.2 Å². The number of likely N-dealkylation sites (tertiary alicyclic amines) is 1. The van der Waals surface area contributed by atoms with Crippen LogP contribution >= 0.6 is 0 Å². The third-order valence-electron chi connectivity index (χ3n) is 4.59. The summed E-state index contributed by atoms with van der Waals surface area (Å²) >= 11 is 0. The zero-order valence-corrected chi connectivity index (χ0v) is 11.0. The van der Waals surface area contributed by atoms with E-state index in [0.717, 1.165) is 26.1 Å². The summed E-state index contributed by atoms with van der Waals surface area (Å²) in [6.07, 6.45) is 2.34. The number of hydrogen-bond acceptors (Lipinski definition) is 2. The van der Waals surface area contributed by atoms with E-state index in [1.54, 1.807) is 0 Å². The highest BCUT2D eigenvalue weighted by atomic mass is 16.1. The van der Waals surface area contributed by atoms with E-state index in [1.807, 2.05) is 0 Å². The van der Waals surface area contributed by atoms with Crippen LogP contribution in [0.3, 0.4) is 0 Å². The van der Waals surface area contributed by atoms with Gasteiger partial charge in [-0.05, 0) is 24.3 Å². The molecule has 0 radical (unpaired) electrons. The Morgan fingerprint density at radius 2 is 1.94 bits per heavy atom. The fourth-order valence-electron chi connectivity index (χ4n) is 3.52. The maximum atomic E-state index is 12.2. The molecule has 0 amide bonds. The topological polar surface area (TPSA) is 20.3 Å². The van der Waals surface area contributed by atoms with Gasteiger partial charge in [0.2, 0.25) is 0 Å². The van der Waals surface area contributed by atoms with E-state index in [1.165, 1.54) is 12.0 Å². The van der Waals surface area contributed by atoms with Gasteiger partial charge in [-0.15, -0.1) is 0 Å². The Labute approximate surface area is 109 Å². The average molecular weight is 243 g/mol. The standard InChI is InChI=1S/C16H21NO/c1-12-7-8-14-10-17(11-15(14)16(12)18)9-13-5-3-2-4-6-13/h2-6,12,14-15H,7-11H2,1H3. The van der Waals surface area contributed by atoms with Gasteiger partial charge in [0.1, 0.15) is 5.78 Å². The van der Waals surface area contributed by atoms with Crippen LogP contribution in [0.25, 0.3) is 0 Å². The molecule has 2 aliphatic rings. The summed E-state index contributed by atoms with van der Waals surface area (Å²) < 4.78 is 0. The second-order valence-corrected chi connectivity index (χ2v) is 5.93. The fraction of sp³-hybridized carbons (Fsp3) is 0.562. The van der Waals surface area contributed by atoms with Gasteiger partial charge in [-0.1, -0.05) is 37.3 Å². The van der Waals surface area contributed by atoms with Crippen molar-refractivity contribution < 1.29 is 4.79 Å².